The molecule has 6 rings (SSSR count). The Hall–Kier alpha value is -4.13. The summed E-state index contributed by atoms with van der Waals surface area (Å²) < 4.78 is 2.10. The van der Waals surface area contributed by atoms with E-state index in [4.69, 9.17) is 0 Å². The van der Waals surface area contributed by atoms with Gasteiger partial charge in [-0.15, -0.1) is 0 Å². The number of fused-ring (bicyclic) bond motifs is 6. The second kappa shape index (κ2) is 8.02. The minimum absolute atomic E-state index is 0.0437. The molecule has 1 N–H and O–H groups in total. The molecule has 1 atom stereocenters. The van der Waals surface area contributed by atoms with E-state index in [2.05, 4.69) is 31.9 Å². The Kier molecular flexibility index (Phi) is 4.83. The van der Waals surface area contributed by atoms with Crippen LogP contribution in [0.3, 0.4) is 0 Å². The summed E-state index contributed by atoms with van der Waals surface area (Å²) >= 11 is 0. The number of nitrogens with one attached hydrogen (secondary N) is 1. The highest BCUT2D eigenvalue weighted by Crippen LogP contribution is 2.44. The number of benzene rings is 2. The van der Waals surface area contributed by atoms with Gasteiger partial charge in [0.15, 0.2) is 0 Å². The van der Waals surface area contributed by atoms with Crippen molar-refractivity contribution >= 4 is 28.4 Å². The summed E-state index contributed by atoms with van der Waals surface area (Å²) in [6.45, 7) is 1.26. The Balaban J connectivity index is 1.41. The SMILES string of the molecule is CN1c2ccccc2C(=O)N2CCc3c(n(CC(=O)NCc4cccnc4)c4ccccc34)[C@@H]21. The highest BCUT2D eigenvalue weighted by atomic mass is 16.2. The van der Waals surface area contributed by atoms with Gasteiger partial charge in [0.2, 0.25) is 5.91 Å². The molecule has 2 aromatic carbocycles. The van der Waals surface area contributed by atoms with Gasteiger partial charge in [0.1, 0.15) is 12.7 Å². The van der Waals surface area contributed by atoms with Crippen LogP contribution in [0.5, 0.6) is 0 Å². The van der Waals surface area contributed by atoms with Crippen LogP contribution >= 0.6 is 0 Å². The Morgan fingerprint density at radius 3 is 2.76 bits per heavy atom. The molecule has 0 unspecified atom stereocenters. The van der Waals surface area contributed by atoms with Crippen molar-refractivity contribution in [3.63, 3.8) is 0 Å². The molecule has 0 radical (unpaired) electrons. The topological polar surface area (TPSA) is 70.5 Å². The summed E-state index contributed by atoms with van der Waals surface area (Å²) in [7, 11) is 2.03. The lowest BCUT2D eigenvalue weighted by atomic mass is 9.96. The van der Waals surface area contributed by atoms with E-state index in [0.29, 0.717) is 13.1 Å². The van der Waals surface area contributed by atoms with Crippen LogP contribution in [-0.4, -0.2) is 39.9 Å². The zero-order valence-electron chi connectivity index (χ0n) is 18.9. The molecule has 170 valence electrons. The number of aromatic nitrogens is 2. The summed E-state index contributed by atoms with van der Waals surface area (Å²) in [5.41, 5.74) is 5.85. The van der Waals surface area contributed by atoms with Gasteiger partial charge >= 0.3 is 0 Å². The van der Waals surface area contributed by atoms with Gasteiger partial charge in [-0.3, -0.25) is 14.6 Å². The number of rotatable bonds is 4. The molecule has 0 spiro atoms. The number of carbonyl (C=O) groups excluding carboxylic acids is 2. The lowest BCUT2D eigenvalue weighted by molar-refractivity contribution is -0.121. The molecule has 2 amide bonds. The standard InChI is InChI=1S/C27H25N5O2/c1-30-22-10-4-3-9-21(22)27(34)31-14-12-20-19-8-2-5-11-23(19)32(25(20)26(30)31)17-24(33)29-16-18-7-6-13-28-15-18/h2-11,13,15,26H,12,14,16-17H2,1H3,(H,29,33)/t26-/m1/s1. The van der Waals surface area contributed by atoms with Gasteiger partial charge in [-0.1, -0.05) is 36.4 Å². The zero-order chi connectivity index (χ0) is 23.2. The second-order valence-corrected chi connectivity index (χ2v) is 8.86. The minimum atomic E-state index is -0.260. The molecule has 2 aromatic heterocycles. The number of nitrogens with zero attached hydrogens (tertiary/aromatic N) is 4. The molecular formula is C27H25N5O2. The first-order valence-corrected chi connectivity index (χ1v) is 11.5. The van der Waals surface area contributed by atoms with Crippen LogP contribution in [0.15, 0.2) is 73.1 Å². The van der Waals surface area contributed by atoms with Crippen LogP contribution in [0.25, 0.3) is 10.9 Å². The first kappa shape index (κ1) is 20.5. The molecule has 4 heterocycles. The summed E-state index contributed by atoms with van der Waals surface area (Å²) in [6.07, 6.45) is 3.98. The van der Waals surface area contributed by atoms with Gasteiger partial charge in [0, 0.05) is 43.4 Å². The van der Waals surface area contributed by atoms with Crippen molar-refractivity contribution in [2.45, 2.75) is 25.7 Å². The van der Waals surface area contributed by atoms with E-state index >= 15 is 0 Å². The number of anilines is 1. The van der Waals surface area contributed by atoms with E-state index in [0.717, 1.165) is 39.8 Å². The van der Waals surface area contributed by atoms with Gasteiger partial charge < -0.3 is 19.7 Å². The van der Waals surface area contributed by atoms with Crippen molar-refractivity contribution in [1.82, 2.24) is 19.8 Å². The van der Waals surface area contributed by atoms with Gasteiger partial charge in [0.05, 0.1) is 16.9 Å². The van der Waals surface area contributed by atoms with Crippen LogP contribution in [0.4, 0.5) is 5.69 Å². The smallest absolute Gasteiger partial charge is 0.257 e. The lowest BCUT2D eigenvalue weighted by Crippen LogP contribution is -2.51. The monoisotopic (exact) mass is 451 g/mol. The average molecular weight is 452 g/mol. The molecule has 7 heteroatoms. The van der Waals surface area contributed by atoms with Crippen molar-refractivity contribution < 1.29 is 9.59 Å². The molecule has 0 aliphatic carbocycles. The van der Waals surface area contributed by atoms with Crippen molar-refractivity contribution in [3.8, 4) is 0 Å². The molecule has 0 saturated carbocycles. The third-order valence-electron chi connectivity index (χ3n) is 6.92. The Bertz CT molecular complexity index is 1410. The van der Waals surface area contributed by atoms with Crippen LogP contribution in [0, 0.1) is 0 Å². The third-order valence-corrected chi connectivity index (χ3v) is 6.92. The molecule has 2 aliphatic rings. The van der Waals surface area contributed by atoms with E-state index in [1.807, 2.05) is 60.5 Å². The highest BCUT2D eigenvalue weighted by molar-refractivity contribution is 6.02. The maximum absolute atomic E-state index is 13.4. The number of carbonyl (C=O) groups is 2. The van der Waals surface area contributed by atoms with E-state index in [-0.39, 0.29) is 24.5 Å². The zero-order valence-corrected chi connectivity index (χ0v) is 18.9. The molecular weight excluding hydrogens is 426 g/mol. The first-order valence-electron chi connectivity index (χ1n) is 11.5. The average Bonchev–Trinajstić information content (AvgIpc) is 3.20. The normalized spacial score (nSPS) is 16.7. The predicted molar refractivity (Wildman–Crippen MR) is 130 cm³/mol. The number of pyridine rings is 1. The van der Waals surface area contributed by atoms with Crippen molar-refractivity contribution in [1.29, 1.82) is 0 Å². The fourth-order valence-electron chi connectivity index (χ4n) is 5.38. The van der Waals surface area contributed by atoms with Gasteiger partial charge in [0.25, 0.3) is 5.91 Å². The molecule has 0 bridgehead atoms. The van der Waals surface area contributed by atoms with E-state index < -0.39 is 0 Å². The maximum Gasteiger partial charge on any atom is 0.257 e. The van der Waals surface area contributed by atoms with E-state index in [9.17, 15) is 9.59 Å². The number of hydrogen-bond acceptors (Lipinski definition) is 4. The fraction of sp³-hybridized carbons (Fsp3) is 0.222. The Labute approximate surface area is 197 Å². The van der Waals surface area contributed by atoms with Crippen molar-refractivity contribution in [2.75, 3.05) is 18.5 Å². The van der Waals surface area contributed by atoms with Gasteiger partial charge in [-0.05, 0) is 41.8 Å². The minimum Gasteiger partial charge on any atom is -0.350 e. The fourth-order valence-corrected chi connectivity index (χ4v) is 5.38. The first-order chi connectivity index (χ1) is 16.6. The van der Waals surface area contributed by atoms with Crippen LogP contribution in [0.1, 0.15) is 33.3 Å². The predicted octanol–water partition coefficient (Wildman–Crippen LogP) is 3.50. The Morgan fingerprint density at radius 1 is 1.09 bits per heavy atom. The Morgan fingerprint density at radius 2 is 1.91 bits per heavy atom. The lowest BCUT2D eigenvalue weighted by Gasteiger charge is -2.46. The third kappa shape index (κ3) is 3.15. The summed E-state index contributed by atoms with van der Waals surface area (Å²) in [4.78, 5) is 34.7. The van der Waals surface area contributed by atoms with Gasteiger partial charge in [-0.25, -0.2) is 0 Å². The summed E-state index contributed by atoms with van der Waals surface area (Å²) in [5, 5.41) is 4.17. The second-order valence-electron chi connectivity index (χ2n) is 8.86. The van der Waals surface area contributed by atoms with Crippen molar-refractivity contribution in [3.05, 3.63) is 95.4 Å². The summed E-state index contributed by atoms with van der Waals surface area (Å²) in [6, 6.07) is 19.8. The van der Waals surface area contributed by atoms with Crippen LogP contribution in [-0.2, 0) is 24.3 Å². The number of para-hydroxylation sites is 2. The van der Waals surface area contributed by atoms with E-state index in [1.54, 1.807) is 12.4 Å². The molecule has 7 nitrogen and oxygen atoms in total. The van der Waals surface area contributed by atoms with Crippen LogP contribution in [0.2, 0.25) is 0 Å². The molecule has 2 aliphatic heterocycles. The maximum atomic E-state index is 13.4. The quantitative estimate of drug-likeness (QED) is 0.516. The molecule has 4 aromatic rings. The molecule has 0 saturated heterocycles. The van der Waals surface area contributed by atoms with Gasteiger partial charge in [-0.2, -0.15) is 0 Å². The largest absolute Gasteiger partial charge is 0.350 e. The molecule has 34 heavy (non-hydrogen) atoms. The summed E-state index contributed by atoms with van der Waals surface area (Å²) in [5.74, 6) is -0.0306. The number of amides is 2. The highest BCUT2D eigenvalue weighted by Gasteiger charge is 2.42. The number of hydrogen-bond donors (Lipinski definition) is 1. The van der Waals surface area contributed by atoms with Crippen LogP contribution < -0.4 is 10.2 Å². The van der Waals surface area contributed by atoms with E-state index in [1.165, 1.54) is 5.56 Å². The molecule has 0 fully saturated rings. The van der Waals surface area contributed by atoms with Crippen molar-refractivity contribution in [2.24, 2.45) is 0 Å².